The number of nitrogens with zero attached hydrogens (tertiary/aromatic N) is 1. The van der Waals surface area contributed by atoms with Crippen molar-refractivity contribution in [3.05, 3.63) is 96.6 Å². The van der Waals surface area contributed by atoms with E-state index in [2.05, 4.69) is 51.1 Å². The van der Waals surface area contributed by atoms with Crippen LogP contribution >= 0.6 is 0 Å². The number of nitriles is 1. The second-order valence-electron chi connectivity index (χ2n) is 11.0. The highest BCUT2D eigenvalue weighted by Gasteiger charge is 2.55. The minimum atomic E-state index is -2.96. The van der Waals surface area contributed by atoms with E-state index in [0.29, 0.717) is 13.2 Å². The van der Waals surface area contributed by atoms with E-state index in [1.54, 1.807) is 0 Å². The van der Waals surface area contributed by atoms with Crippen molar-refractivity contribution in [3.63, 3.8) is 0 Å². The van der Waals surface area contributed by atoms with E-state index in [9.17, 15) is 5.26 Å². The lowest BCUT2D eigenvalue weighted by atomic mass is 10.1. The number of ether oxygens (including phenoxy) is 3. The Morgan fingerprint density at radius 3 is 1.86 bits per heavy atom. The van der Waals surface area contributed by atoms with Crippen molar-refractivity contribution in [1.82, 2.24) is 0 Å². The maximum atomic E-state index is 10.5. The first kappa shape index (κ1) is 27.2. The Kier molecular flexibility index (Phi) is 8.32. The van der Waals surface area contributed by atoms with Crippen molar-refractivity contribution in [2.45, 2.75) is 70.4 Å². The highest BCUT2D eigenvalue weighted by Crippen LogP contribution is 2.40. The summed E-state index contributed by atoms with van der Waals surface area (Å²) >= 11 is 0. The third-order valence-corrected chi connectivity index (χ3v) is 11.8. The maximum Gasteiger partial charge on any atom is 0.262 e. The highest BCUT2D eigenvalue weighted by molar-refractivity contribution is 6.99. The zero-order chi connectivity index (χ0) is 26.5. The van der Waals surface area contributed by atoms with Crippen LogP contribution in [0.4, 0.5) is 0 Å². The highest BCUT2D eigenvalue weighted by atomic mass is 28.4. The maximum absolute atomic E-state index is 10.5. The Hall–Kier alpha value is -2.79. The second-order valence-corrected chi connectivity index (χ2v) is 15.2. The fourth-order valence-electron chi connectivity index (χ4n) is 5.16. The molecule has 1 fully saturated rings. The van der Waals surface area contributed by atoms with E-state index in [-0.39, 0.29) is 5.04 Å². The van der Waals surface area contributed by atoms with Gasteiger partial charge in [0.15, 0.2) is 11.9 Å². The minimum absolute atomic E-state index is 0.265. The number of hydrogen-bond donors (Lipinski definition) is 0. The fourth-order valence-corrected chi connectivity index (χ4v) is 9.75. The molecule has 0 unspecified atom stereocenters. The molecule has 0 N–H and O–H groups in total. The molecule has 0 saturated carbocycles. The SMILES string of the molecule is CC1(C)O[C@H]([C@@H](C#N)O[Si](c2ccccc2)(c2ccccc2)C(C)(C)C)[C@H](COCc2ccccc2)O1. The normalized spacial score (nSPS) is 20.3. The fraction of sp³-hybridized carbons (Fsp3) is 0.387. The number of hydrogen-bond acceptors (Lipinski definition) is 5. The van der Waals surface area contributed by atoms with E-state index in [1.165, 1.54) is 0 Å². The molecule has 0 radical (unpaired) electrons. The van der Waals surface area contributed by atoms with Crippen LogP contribution < -0.4 is 10.4 Å². The molecule has 0 aliphatic carbocycles. The third-order valence-electron chi connectivity index (χ3n) is 6.76. The van der Waals surface area contributed by atoms with Crippen LogP contribution in [0.2, 0.25) is 5.04 Å². The minimum Gasteiger partial charge on any atom is -0.390 e. The summed E-state index contributed by atoms with van der Waals surface area (Å²) in [6, 6.07) is 33.1. The first-order chi connectivity index (χ1) is 17.7. The van der Waals surface area contributed by atoms with Gasteiger partial charge in [-0.1, -0.05) is 112 Å². The lowest BCUT2D eigenvalue weighted by molar-refractivity contribution is -0.155. The molecule has 3 aromatic rings. The average Bonchev–Trinajstić information content (AvgIpc) is 3.20. The Balaban J connectivity index is 1.67. The Labute approximate surface area is 222 Å². The van der Waals surface area contributed by atoms with Crippen molar-refractivity contribution in [1.29, 1.82) is 5.26 Å². The molecule has 6 heteroatoms. The monoisotopic (exact) mass is 515 g/mol. The van der Waals surface area contributed by atoms with Crippen molar-refractivity contribution >= 4 is 18.7 Å². The van der Waals surface area contributed by atoms with Crippen molar-refractivity contribution in [3.8, 4) is 6.07 Å². The standard InChI is InChI=1S/C31H37NO4Si/c1-30(2,3)37(25-17-11-7-12-18-25,26-19-13-8-14-20-26)36-27(21-32)29-28(34-31(4,5)35-29)23-33-22-24-15-9-6-10-16-24/h6-20,27-29H,22-23H2,1-5H3/t27-,28+,29-/m1/s1. The molecule has 37 heavy (non-hydrogen) atoms. The van der Waals surface area contributed by atoms with Crippen molar-refractivity contribution in [2.24, 2.45) is 0 Å². The number of benzene rings is 3. The predicted molar refractivity (Wildman–Crippen MR) is 148 cm³/mol. The zero-order valence-electron chi connectivity index (χ0n) is 22.4. The lowest BCUT2D eigenvalue weighted by Crippen LogP contribution is -2.68. The summed E-state index contributed by atoms with van der Waals surface area (Å²) in [4.78, 5) is 0. The first-order valence-corrected chi connectivity index (χ1v) is 14.7. The molecule has 4 rings (SSSR count). The Bertz CT molecular complexity index is 1130. The van der Waals surface area contributed by atoms with Gasteiger partial charge in [0.05, 0.1) is 19.3 Å². The quantitative estimate of drug-likeness (QED) is 0.367. The summed E-state index contributed by atoms with van der Waals surface area (Å²) in [7, 11) is -2.96. The largest absolute Gasteiger partial charge is 0.390 e. The van der Waals surface area contributed by atoms with Gasteiger partial charge in [-0.05, 0) is 34.8 Å². The first-order valence-electron chi connectivity index (χ1n) is 12.8. The van der Waals surface area contributed by atoms with Gasteiger partial charge in [-0.25, -0.2) is 0 Å². The summed E-state index contributed by atoms with van der Waals surface area (Å²) in [5.74, 6) is -0.852. The van der Waals surface area contributed by atoms with Gasteiger partial charge < -0.3 is 18.6 Å². The smallest absolute Gasteiger partial charge is 0.262 e. The Morgan fingerprint density at radius 1 is 0.865 bits per heavy atom. The summed E-state index contributed by atoms with van der Waals surface area (Å²) in [6.07, 6.45) is -1.89. The molecule has 5 nitrogen and oxygen atoms in total. The summed E-state index contributed by atoms with van der Waals surface area (Å²) in [5.41, 5.74) is 1.08. The van der Waals surface area contributed by atoms with Crippen molar-refractivity contribution < 1.29 is 18.6 Å². The molecule has 1 heterocycles. The van der Waals surface area contributed by atoms with Crippen LogP contribution in [-0.4, -0.2) is 39.0 Å². The molecular formula is C31H37NO4Si. The molecule has 0 bridgehead atoms. The van der Waals surface area contributed by atoms with Crippen LogP contribution in [0.3, 0.4) is 0 Å². The summed E-state index contributed by atoms with van der Waals surface area (Å²) in [5, 5.41) is 12.4. The van der Waals surface area contributed by atoms with E-state index in [1.807, 2.05) is 80.6 Å². The molecule has 0 aromatic heterocycles. The van der Waals surface area contributed by atoms with E-state index in [4.69, 9.17) is 18.6 Å². The van der Waals surface area contributed by atoms with E-state index < -0.39 is 32.4 Å². The molecule has 1 aliphatic heterocycles. The average molecular weight is 516 g/mol. The van der Waals surface area contributed by atoms with Crippen LogP contribution in [0.25, 0.3) is 0 Å². The summed E-state index contributed by atoms with van der Waals surface area (Å²) < 4.78 is 25.7. The van der Waals surface area contributed by atoms with Gasteiger partial charge in [-0.3, -0.25) is 0 Å². The second kappa shape index (κ2) is 11.3. The summed E-state index contributed by atoms with van der Waals surface area (Å²) in [6.45, 7) is 11.1. The topological polar surface area (TPSA) is 60.7 Å². The Morgan fingerprint density at radius 2 is 1.38 bits per heavy atom. The van der Waals surface area contributed by atoms with Gasteiger partial charge >= 0.3 is 0 Å². The van der Waals surface area contributed by atoms with Crippen LogP contribution in [0, 0.1) is 11.3 Å². The van der Waals surface area contributed by atoms with E-state index >= 15 is 0 Å². The van der Waals surface area contributed by atoms with Crippen LogP contribution in [0.5, 0.6) is 0 Å². The van der Waals surface area contributed by atoms with Gasteiger partial charge in [0.25, 0.3) is 8.32 Å². The number of rotatable bonds is 9. The molecule has 1 aliphatic rings. The van der Waals surface area contributed by atoms with Crippen LogP contribution in [0.1, 0.15) is 40.2 Å². The van der Waals surface area contributed by atoms with Crippen LogP contribution in [0.15, 0.2) is 91.0 Å². The lowest BCUT2D eigenvalue weighted by Gasteiger charge is -2.44. The van der Waals surface area contributed by atoms with Gasteiger partial charge in [0.1, 0.15) is 12.2 Å². The molecule has 0 amide bonds. The van der Waals surface area contributed by atoms with Gasteiger partial charge in [-0.15, -0.1) is 0 Å². The molecule has 1 saturated heterocycles. The van der Waals surface area contributed by atoms with Gasteiger partial charge in [-0.2, -0.15) is 5.26 Å². The predicted octanol–water partition coefficient (Wildman–Crippen LogP) is 5.19. The van der Waals surface area contributed by atoms with E-state index in [0.717, 1.165) is 15.9 Å². The molecule has 0 spiro atoms. The molecule has 194 valence electrons. The van der Waals surface area contributed by atoms with Crippen molar-refractivity contribution in [2.75, 3.05) is 6.61 Å². The third kappa shape index (κ3) is 6.03. The molecule has 3 aromatic carbocycles. The zero-order valence-corrected chi connectivity index (χ0v) is 23.4. The van der Waals surface area contributed by atoms with Gasteiger partial charge in [0, 0.05) is 0 Å². The van der Waals surface area contributed by atoms with Crippen LogP contribution in [-0.2, 0) is 25.2 Å². The molecular weight excluding hydrogens is 478 g/mol. The van der Waals surface area contributed by atoms with Gasteiger partial charge in [0.2, 0.25) is 0 Å². The molecule has 3 atom stereocenters.